The van der Waals surface area contributed by atoms with Crippen molar-refractivity contribution in [3.8, 4) is 0 Å². The summed E-state index contributed by atoms with van der Waals surface area (Å²) in [6, 6.07) is 21.2. The van der Waals surface area contributed by atoms with E-state index in [4.69, 9.17) is 5.73 Å². The molecule has 0 aliphatic heterocycles. The van der Waals surface area contributed by atoms with Gasteiger partial charge in [-0.3, -0.25) is 4.79 Å². The minimum atomic E-state index is -0.727. The van der Waals surface area contributed by atoms with Crippen LogP contribution in [-0.2, 0) is 17.6 Å². The fourth-order valence-corrected chi connectivity index (χ4v) is 3.85. The van der Waals surface area contributed by atoms with Crippen molar-refractivity contribution in [3.63, 3.8) is 0 Å². The summed E-state index contributed by atoms with van der Waals surface area (Å²) in [4.78, 5) is 16.3. The number of thiazole rings is 1. The van der Waals surface area contributed by atoms with Gasteiger partial charge in [0.1, 0.15) is 0 Å². The van der Waals surface area contributed by atoms with Crippen molar-refractivity contribution in [1.29, 1.82) is 0 Å². The number of nitrogen functional groups attached to an aromatic ring is 1. The minimum Gasteiger partial charge on any atom is -0.375 e. The van der Waals surface area contributed by atoms with Crippen LogP contribution in [0.3, 0.4) is 0 Å². The van der Waals surface area contributed by atoms with E-state index in [0.717, 1.165) is 22.5 Å². The lowest BCUT2D eigenvalue weighted by molar-refractivity contribution is -0.115. The van der Waals surface area contributed by atoms with Crippen LogP contribution in [0.1, 0.15) is 28.7 Å². The molecular weight excluding hydrogens is 396 g/mol. The number of aromatic nitrogens is 2. The molecule has 30 heavy (non-hydrogen) atoms. The third-order valence-corrected chi connectivity index (χ3v) is 5.48. The van der Waals surface area contributed by atoms with Gasteiger partial charge in [0, 0.05) is 34.9 Å². The van der Waals surface area contributed by atoms with Crippen molar-refractivity contribution >= 4 is 28.1 Å². The SMILES string of the molecule is Nc1nc(CC(=O)Nc2ccc(Cc3cccn3[C@H](O)c3ccccc3)cc2)cs1. The fourth-order valence-electron chi connectivity index (χ4n) is 3.29. The van der Waals surface area contributed by atoms with E-state index in [1.54, 1.807) is 5.38 Å². The molecule has 0 radical (unpaired) electrons. The number of aliphatic hydroxyl groups is 1. The van der Waals surface area contributed by atoms with Gasteiger partial charge >= 0.3 is 0 Å². The summed E-state index contributed by atoms with van der Waals surface area (Å²) in [6.45, 7) is 0. The van der Waals surface area contributed by atoms with E-state index >= 15 is 0 Å². The van der Waals surface area contributed by atoms with Gasteiger partial charge in [0.15, 0.2) is 11.4 Å². The quantitative estimate of drug-likeness (QED) is 0.425. The molecule has 152 valence electrons. The number of carbonyl (C=O) groups excluding carboxylic acids is 1. The predicted molar refractivity (Wildman–Crippen MR) is 119 cm³/mol. The van der Waals surface area contributed by atoms with Gasteiger partial charge in [-0.2, -0.15) is 0 Å². The Hall–Kier alpha value is -3.42. The highest BCUT2D eigenvalue weighted by Gasteiger charge is 2.13. The third kappa shape index (κ3) is 4.76. The number of aliphatic hydroxyl groups excluding tert-OH is 1. The van der Waals surface area contributed by atoms with Crippen LogP contribution in [0, 0.1) is 0 Å². The smallest absolute Gasteiger partial charge is 0.230 e. The molecule has 1 atom stereocenters. The van der Waals surface area contributed by atoms with Crippen molar-refractivity contribution < 1.29 is 9.90 Å². The number of nitrogens with zero attached hydrogens (tertiary/aromatic N) is 2. The number of rotatable bonds is 7. The highest BCUT2D eigenvalue weighted by molar-refractivity contribution is 7.13. The topological polar surface area (TPSA) is 93.2 Å². The Morgan fingerprint density at radius 3 is 2.57 bits per heavy atom. The molecule has 0 unspecified atom stereocenters. The van der Waals surface area contributed by atoms with E-state index in [1.807, 2.05) is 77.5 Å². The summed E-state index contributed by atoms with van der Waals surface area (Å²) in [7, 11) is 0. The predicted octanol–water partition coefficient (Wildman–Crippen LogP) is 3.84. The first-order valence-corrected chi connectivity index (χ1v) is 10.4. The lowest BCUT2D eigenvalue weighted by Crippen LogP contribution is -2.14. The number of anilines is 2. The summed E-state index contributed by atoms with van der Waals surface area (Å²) in [5, 5.41) is 15.8. The molecule has 4 N–H and O–H groups in total. The number of carbonyl (C=O) groups is 1. The minimum absolute atomic E-state index is 0.132. The monoisotopic (exact) mass is 418 g/mol. The molecule has 2 aromatic carbocycles. The van der Waals surface area contributed by atoms with E-state index in [9.17, 15) is 9.90 Å². The Labute approximate surface area is 178 Å². The molecule has 0 aliphatic carbocycles. The second kappa shape index (κ2) is 8.94. The number of hydrogen-bond donors (Lipinski definition) is 3. The maximum absolute atomic E-state index is 12.2. The average Bonchev–Trinajstić information content (AvgIpc) is 3.38. The highest BCUT2D eigenvalue weighted by atomic mass is 32.1. The number of benzene rings is 2. The van der Waals surface area contributed by atoms with Crippen molar-refractivity contribution in [2.75, 3.05) is 11.1 Å². The van der Waals surface area contributed by atoms with Gasteiger partial charge in [0.05, 0.1) is 12.1 Å². The normalized spacial score (nSPS) is 11.9. The summed E-state index contributed by atoms with van der Waals surface area (Å²) in [5.74, 6) is -0.132. The molecule has 7 heteroatoms. The Morgan fingerprint density at radius 1 is 1.10 bits per heavy atom. The van der Waals surface area contributed by atoms with Crippen molar-refractivity contribution in [2.45, 2.75) is 19.1 Å². The van der Waals surface area contributed by atoms with E-state index in [1.165, 1.54) is 11.3 Å². The van der Waals surface area contributed by atoms with Crippen LogP contribution in [0.15, 0.2) is 78.3 Å². The van der Waals surface area contributed by atoms with Gasteiger partial charge in [-0.1, -0.05) is 42.5 Å². The molecule has 2 heterocycles. The van der Waals surface area contributed by atoms with E-state index in [-0.39, 0.29) is 12.3 Å². The maximum Gasteiger partial charge on any atom is 0.230 e. The molecule has 0 spiro atoms. The molecule has 4 rings (SSSR count). The lowest BCUT2D eigenvalue weighted by Gasteiger charge is -2.17. The Bertz CT molecular complexity index is 1120. The van der Waals surface area contributed by atoms with Crippen LogP contribution in [0.2, 0.25) is 0 Å². The van der Waals surface area contributed by atoms with Crippen LogP contribution in [0.5, 0.6) is 0 Å². The molecule has 1 amide bonds. The van der Waals surface area contributed by atoms with Crippen LogP contribution in [0.25, 0.3) is 0 Å². The zero-order valence-corrected chi connectivity index (χ0v) is 17.0. The average molecular weight is 419 g/mol. The second-order valence-corrected chi connectivity index (χ2v) is 7.86. The zero-order chi connectivity index (χ0) is 20.9. The van der Waals surface area contributed by atoms with Gasteiger partial charge in [-0.25, -0.2) is 4.98 Å². The first kappa shape index (κ1) is 19.9. The molecule has 0 saturated carbocycles. The second-order valence-electron chi connectivity index (χ2n) is 6.97. The van der Waals surface area contributed by atoms with Gasteiger partial charge in [0.2, 0.25) is 5.91 Å². The Kier molecular flexibility index (Phi) is 5.92. The molecular formula is C23H22N4O2S. The first-order chi connectivity index (χ1) is 14.6. The molecule has 4 aromatic rings. The zero-order valence-electron chi connectivity index (χ0n) is 16.2. The van der Waals surface area contributed by atoms with Crippen LogP contribution < -0.4 is 11.1 Å². The van der Waals surface area contributed by atoms with Crippen LogP contribution in [-0.4, -0.2) is 20.6 Å². The standard InChI is InChI=1S/C23H22N4O2S/c24-23-26-19(15-30-23)14-21(28)25-18-10-8-16(9-11-18)13-20-7-4-12-27(20)22(29)17-5-2-1-3-6-17/h1-12,15,22,29H,13-14H2,(H2,24,26)(H,25,28)/t22-/m1/s1. The van der Waals surface area contributed by atoms with Crippen molar-refractivity contribution in [1.82, 2.24) is 9.55 Å². The molecule has 2 aromatic heterocycles. The highest BCUT2D eigenvalue weighted by Crippen LogP contribution is 2.21. The van der Waals surface area contributed by atoms with E-state index < -0.39 is 6.23 Å². The van der Waals surface area contributed by atoms with Gasteiger partial charge < -0.3 is 20.7 Å². The largest absolute Gasteiger partial charge is 0.375 e. The molecule has 0 fully saturated rings. The van der Waals surface area contributed by atoms with E-state index in [0.29, 0.717) is 17.2 Å². The van der Waals surface area contributed by atoms with Crippen LogP contribution in [0.4, 0.5) is 10.8 Å². The van der Waals surface area contributed by atoms with Crippen molar-refractivity contribution in [3.05, 3.63) is 101 Å². The maximum atomic E-state index is 12.2. The summed E-state index contributed by atoms with van der Waals surface area (Å²) >= 11 is 1.32. The lowest BCUT2D eigenvalue weighted by atomic mass is 10.1. The summed E-state index contributed by atoms with van der Waals surface area (Å²) in [6.07, 6.45) is 2.02. The van der Waals surface area contributed by atoms with Gasteiger partial charge in [-0.05, 0) is 29.8 Å². The molecule has 0 saturated heterocycles. The van der Waals surface area contributed by atoms with E-state index in [2.05, 4.69) is 10.3 Å². The molecule has 6 nitrogen and oxygen atoms in total. The third-order valence-electron chi connectivity index (χ3n) is 4.76. The molecule has 0 aliphatic rings. The summed E-state index contributed by atoms with van der Waals surface area (Å²) < 4.78 is 1.87. The fraction of sp³-hybridized carbons (Fsp3) is 0.130. The van der Waals surface area contributed by atoms with Crippen LogP contribution >= 0.6 is 11.3 Å². The number of amides is 1. The van der Waals surface area contributed by atoms with Crippen molar-refractivity contribution in [2.24, 2.45) is 0 Å². The first-order valence-electron chi connectivity index (χ1n) is 9.56. The summed E-state index contributed by atoms with van der Waals surface area (Å²) in [5.41, 5.74) is 9.93. The Morgan fingerprint density at radius 2 is 1.87 bits per heavy atom. The number of nitrogens with two attached hydrogens (primary N) is 1. The number of nitrogens with one attached hydrogen (secondary N) is 1. The number of hydrogen-bond acceptors (Lipinski definition) is 5. The van der Waals surface area contributed by atoms with Gasteiger partial charge in [-0.15, -0.1) is 11.3 Å². The molecule has 0 bridgehead atoms. The van der Waals surface area contributed by atoms with Gasteiger partial charge in [0.25, 0.3) is 0 Å². The Balaban J connectivity index is 1.40.